The Hall–Kier alpha value is -1.60. The highest BCUT2D eigenvalue weighted by atomic mass is 19.1. The highest BCUT2D eigenvalue weighted by molar-refractivity contribution is 5.58. The third kappa shape index (κ3) is 2.15. The summed E-state index contributed by atoms with van der Waals surface area (Å²) in [6.07, 6.45) is 2.25. The van der Waals surface area contributed by atoms with Gasteiger partial charge in [-0.1, -0.05) is 0 Å². The van der Waals surface area contributed by atoms with Gasteiger partial charge in [0.2, 0.25) is 0 Å². The van der Waals surface area contributed by atoms with E-state index in [0.29, 0.717) is 5.69 Å². The van der Waals surface area contributed by atoms with Gasteiger partial charge in [-0.25, -0.2) is 4.39 Å². The van der Waals surface area contributed by atoms with Crippen LogP contribution in [0.15, 0.2) is 18.2 Å². The van der Waals surface area contributed by atoms with Crippen LogP contribution < -0.4 is 5.32 Å². The van der Waals surface area contributed by atoms with Crippen molar-refractivity contribution in [1.82, 2.24) is 0 Å². The summed E-state index contributed by atoms with van der Waals surface area (Å²) in [7, 11) is 0. The maximum atomic E-state index is 12.9. The molecule has 2 atom stereocenters. The van der Waals surface area contributed by atoms with Crippen molar-refractivity contribution in [3.63, 3.8) is 0 Å². The molecule has 84 valence electrons. The van der Waals surface area contributed by atoms with Crippen LogP contribution in [-0.4, -0.2) is 17.3 Å². The lowest BCUT2D eigenvalue weighted by molar-refractivity contribution is 0.172. The number of hydrogen-bond acceptors (Lipinski definition) is 3. The molecule has 0 heterocycles. The van der Waals surface area contributed by atoms with E-state index in [1.165, 1.54) is 12.1 Å². The molecule has 1 aliphatic rings. The van der Waals surface area contributed by atoms with Crippen molar-refractivity contribution in [3.8, 4) is 6.07 Å². The molecule has 4 heteroatoms. The normalized spacial score (nSPS) is 24.1. The lowest BCUT2D eigenvalue weighted by Crippen LogP contribution is -2.28. The highest BCUT2D eigenvalue weighted by Crippen LogP contribution is 2.25. The largest absolute Gasteiger partial charge is 0.391 e. The molecule has 1 aromatic rings. The number of anilines is 1. The number of nitriles is 1. The first-order valence-corrected chi connectivity index (χ1v) is 5.35. The van der Waals surface area contributed by atoms with Crippen LogP contribution in [0.3, 0.4) is 0 Å². The molecule has 1 aliphatic carbocycles. The molecule has 2 unspecified atom stereocenters. The second-order valence-electron chi connectivity index (χ2n) is 4.05. The molecular formula is C12H13FN2O. The Kier molecular flexibility index (Phi) is 3.07. The second-order valence-corrected chi connectivity index (χ2v) is 4.05. The average Bonchev–Trinajstić information content (AvgIpc) is 2.67. The second kappa shape index (κ2) is 4.50. The molecule has 1 fully saturated rings. The Morgan fingerprint density at radius 3 is 2.88 bits per heavy atom. The summed E-state index contributed by atoms with van der Waals surface area (Å²) < 4.78 is 12.9. The Morgan fingerprint density at radius 2 is 2.25 bits per heavy atom. The van der Waals surface area contributed by atoms with Crippen molar-refractivity contribution < 1.29 is 9.50 Å². The molecule has 0 spiro atoms. The SMILES string of the molecule is N#Cc1cc(F)ccc1NC1CCCC1O. The van der Waals surface area contributed by atoms with Gasteiger partial charge in [-0.3, -0.25) is 0 Å². The van der Waals surface area contributed by atoms with Crippen LogP contribution in [0.5, 0.6) is 0 Å². The minimum absolute atomic E-state index is 0.0300. The van der Waals surface area contributed by atoms with Crippen LogP contribution in [0.1, 0.15) is 24.8 Å². The molecule has 0 aromatic heterocycles. The molecule has 2 N–H and O–H groups in total. The first-order chi connectivity index (χ1) is 7.70. The number of rotatable bonds is 2. The summed E-state index contributed by atoms with van der Waals surface area (Å²) in [6.45, 7) is 0. The average molecular weight is 220 g/mol. The Morgan fingerprint density at radius 1 is 1.44 bits per heavy atom. The number of aliphatic hydroxyl groups is 1. The molecule has 0 radical (unpaired) electrons. The van der Waals surface area contributed by atoms with Gasteiger partial charge in [-0.2, -0.15) is 5.26 Å². The van der Waals surface area contributed by atoms with Crippen LogP contribution >= 0.6 is 0 Å². The zero-order chi connectivity index (χ0) is 11.5. The maximum Gasteiger partial charge on any atom is 0.124 e. The fourth-order valence-electron chi connectivity index (χ4n) is 2.04. The summed E-state index contributed by atoms with van der Waals surface area (Å²) in [5, 5.41) is 21.6. The van der Waals surface area contributed by atoms with Crippen LogP contribution in [0.4, 0.5) is 10.1 Å². The number of aliphatic hydroxyl groups excluding tert-OH is 1. The van der Waals surface area contributed by atoms with Gasteiger partial charge in [0.05, 0.1) is 23.4 Å². The van der Waals surface area contributed by atoms with Crippen molar-refractivity contribution >= 4 is 5.69 Å². The Balaban J connectivity index is 2.18. The van der Waals surface area contributed by atoms with Crippen LogP contribution in [0.2, 0.25) is 0 Å². The highest BCUT2D eigenvalue weighted by Gasteiger charge is 2.25. The van der Waals surface area contributed by atoms with Crippen molar-refractivity contribution in [2.45, 2.75) is 31.4 Å². The van der Waals surface area contributed by atoms with Gasteiger partial charge in [-0.05, 0) is 37.5 Å². The summed E-state index contributed by atoms with van der Waals surface area (Å²) in [5.74, 6) is -0.422. The number of nitrogens with one attached hydrogen (secondary N) is 1. The topological polar surface area (TPSA) is 56.0 Å². The van der Waals surface area contributed by atoms with E-state index in [1.54, 1.807) is 6.07 Å². The molecule has 0 amide bonds. The predicted octanol–water partition coefficient (Wildman–Crippen LogP) is 2.02. The third-order valence-electron chi connectivity index (χ3n) is 2.92. The summed E-state index contributed by atoms with van der Waals surface area (Å²) in [5.41, 5.74) is 0.869. The zero-order valence-electron chi connectivity index (χ0n) is 8.78. The van der Waals surface area contributed by atoms with Crippen LogP contribution in [-0.2, 0) is 0 Å². The van der Waals surface area contributed by atoms with Crippen molar-refractivity contribution in [2.75, 3.05) is 5.32 Å². The fourth-order valence-corrected chi connectivity index (χ4v) is 2.04. The van der Waals surface area contributed by atoms with Crippen molar-refractivity contribution in [3.05, 3.63) is 29.6 Å². The number of hydrogen-bond donors (Lipinski definition) is 2. The van der Waals surface area contributed by atoms with E-state index >= 15 is 0 Å². The molecule has 0 saturated heterocycles. The standard InChI is InChI=1S/C12H13FN2O/c13-9-4-5-10(8(6-9)7-14)15-11-2-1-3-12(11)16/h4-6,11-12,15-16H,1-3H2. The van der Waals surface area contributed by atoms with E-state index < -0.39 is 5.82 Å². The van der Waals surface area contributed by atoms with E-state index in [9.17, 15) is 9.50 Å². The van der Waals surface area contributed by atoms with E-state index in [4.69, 9.17) is 5.26 Å². The summed E-state index contributed by atoms with van der Waals surface area (Å²) in [4.78, 5) is 0. The van der Waals surface area contributed by atoms with Crippen molar-refractivity contribution in [2.24, 2.45) is 0 Å². The summed E-state index contributed by atoms with van der Waals surface area (Å²) in [6, 6.07) is 5.96. The fraction of sp³-hybridized carbons (Fsp3) is 0.417. The first-order valence-electron chi connectivity index (χ1n) is 5.35. The molecule has 0 bridgehead atoms. The number of nitrogens with zero attached hydrogens (tertiary/aromatic N) is 1. The molecule has 1 aromatic carbocycles. The molecule has 0 aliphatic heterocycles. The van der Waals surface area contributed by atoms with Crippen molar-refractivity contribution in [1.29, 1.82) is 5.26 Å². The van der Waals surface area contributed by atoms with Crippen LogP contribution in [0.25, 0.3) is 0 Å². The van der Waals surface area contributed by atoms with Gasteiger partial charge in [0.25, 0.3) is 0 Å². The Bertz CT molecular complexity index is 428. The first kappa shape index (κ1) is 10.9. The number of halogens is 1. The smallest absolute Gasteiger partial charge is 0.124 e. The Labute approximate surface area is 93.5 Å². The van der Waals surface area contributed by atoms with E-state index in [-0.39, 0.29) is 17.7 Å². The molecule has 3 nitrogen and oxygen atoms in total. The monoisotopic (exact) mass is 220 g/mol. The van der Waals surface area contributed by atoms with E-state index in [1.807, 2.05) is 6.07 Å². The van der Waals surface area contributed by atoms with E-state index in [2.05, 4.69) is 5.32 Å². The quantitative estimate of drug-likeness (QED) is 0.801. The lowest BCUT2D eigenvalue weighted by atomic mass is 10.1. The molecule has 1 saturated carbocycles. The minimum Gasteiger partial charge on any atom is -0.391 e. The van der Waals surface area contributed by atoms with Gasteiger partial charge in [0, 0.05) is 0 Å². The van der Waals surface area contributed by atoms with Gasteiger partial charge in [0.15, 0.2) is 0 Å². The third-order valence-corrected chi connectivity index (χ3v) is 2.92. The predicted molar refractivity (Wildman–Crippen MR) is 58.4 cm³/mol. The molecular weight excluding hydrogens is 207 g/mol. The number of benzene rings is 1. The van der Waals surface area contributed by atoms with Gasteiger partial charge < -0.3 is 10.4 Å². The zero-order valence-corrected chi connectivity index (χ0v) is 8.78. The molecule has 16 heavy (non-hydrogen) atoms. The van der Waals surface area contributed by atoms with E-state index in [0.717, 1.165) is 19.3 Å². The maximum absolute atomic E-state index is 12.9. The lowest BCUT2D eigenvalue weighted by Gasteiger charge is -2.18. The summed E-state index contributed by atoms with van der Waals surface area (Å²) >= 11 is 0. The van der Waals surface area contributed by atoms with Gasteiger partial charge in [-0.15, -0.1) is 0 Å². The minimum atomic E-state index is -0.422. The van der Waals surface area contributed by atoms with Gasteiger partial charge in [0.1, 0.15) is 11.9 Å². The van der Waals surface area contributed by atoms with Crippen LogP contribution in [0, 0.1) is 17.1 Å². The van der Waals surface area contributed by atoms with Gasteiger partial charge >= 0.3 is 0 Å². The molecule has 2 rings (SSSR count).